The average Bonchev–Trinajstić information content (AvgIpc) is 2.86. The number of aromatic amines is 1. The summed E-state index contributed by atoms with van der Waals surface area (Å²) in [7, 11) is 4.35. The van der Waals surface area contributed by atoms with Crippen molar-refractivity contribution in [3.63, 3.8) is 0 Å². The minimum absolute atomic E-state index is 0.682. The van der Waals surface area contributed by atoms with Crippen LogP contribution in [0.4, 0.5) is 0 Å². The summed E-state index contributed by atoms with van der Waals surface area (Å²) in [5, 5.41) is 8.94. The van der Waals surface area contributed by atoms with Crippen molar-refractivity contribution >= 4 is 0 Å². The van der Waals surface area contributed by atoms with E-state index in [0.29, 0.717) is 6.04 Å². The summed E-state index contributed by atoms with van der Waals surface area (Å²) in [6.07, 6.45) is 2.61. The topological polar surface area (TPSA) is 46.1 Å². The van der Waals surface area contributed by atoms with Crippen LogP contribution in [0.3, 0.4) is 0 Å². The molecule has 1 fully saturated rings. The Morgan fingerprint density at radius 2 is 2.39 bits per heavy atom. The summed E-state index contributed by atoms with van der Waals surface area (Å²) in [6, 6.07) is 4.86. The van der Waals surface area contributed by atoms with Gasteiger partial charge >= 0.3 is 0 Å². The zero-order valence-corrected chi connectivity index (χ0v) is 11.5. The molecule has 4 nitrogen and oxygen atoms in total. The van der Waals surface area contributed by atoms with Gasteiger partial charge in [0.25, 0.3) is 0 Å². The van der Waals surface area contributed by atoms with Gasteiger partial charge in [-0.2, -0.15) is 5.26 Å². The van der Waals surface area contributed by atoms with Crippen LogP contribution in [0.1, 0.15) is 29.8 Å². The normalized spacial score (nSPS) is 20.5. The van der Waals surface area contributed by atoms with Gasteiger partial charge in [-0.15, -0.1) is 0 Å². The van der Waals surface area contributed by atoms with Crippen molar-refractivity contribution in [1.82, 2.24) is 14.8 Å². The molecule has 1 aliphatic rings. The van der Waals surface area contributed by atoms with E-state index in [1.54, 1.807) is 0 Å². The van der Waals surface area contributed by atoms with Crippen molar-refractivity contribution in [2.45, 2.75) is 32.4 Å². The van der Waals surface area contributed by atoms with Crippen LogP contribution in [0.5, 0.6) is 0 Å². The van der Waals surface area contributed by atoms with E-state index in [9.17, 15) is 0 Å². The fourth-order valence-corrected chi connectivity index (χ4v) is 2.75. The summed E-state index contributed by atoms with van der Waals surface area (Å²) >= 11 is 0. The molecule has 1 aromatic rings. The molecule has 0 unspecified atom stereocenters. The average molecular weight is 246 g/mol. The Bertz CT molecular complexity index is 443. The summed E-state index contributed by atoms with van der Waals surface area (Å²) in [5.41, 5.74) is 2.86. The van der Waals surface area contributed by atoms with Gasteiger partial charge in [-0.1, -0.05) is 0 Å². The highest BCUT2D eigenvalue weighted by Crippen LogP contribution is 2.17. The lowest BCUT2D eigenvalue weighted by Gasteiger charge is -2.25. The maximum atomic E-state index is 8.94. The van der Waals surface area contributed by atoms with Crippen LogP contribution in [-0.2, 0) is 6.54 Å². The number of hydrogen-bond acceptors (Lipinski definition) is 3. The van der Waals surface area contributed by atoms with E-state index in [1.807, 2.05) is 13.0 Å². The lowest BCUT2D eigenvalue weighted by Crippen LogP contribution is -2.36. The molecule has 0 spiro atoms. The first kappa shape index (κ1) is 13.1. The number of rotatable bonds is 4. The number of H-pyrrole nitrogens is 1. The molecule has 0 radical (unpaired) electrons. The summed E-state index contributed by atoms with van der Waals surface area (Å²) in [5.74, 6) is 0. The molecule has 0 aromatic carbocycles. The highest BCUT2D eigenvalue weighted by Gasteiger charge is 2.22. The Balaban J connectivity index is 1.90. The monoisotopic (exact) mass is 246 g/mol. The van der Waals surface area contributed by atoms with Gasteiger partial charge in [-0.05, 0) is 46.5 Å². The fourth-order valence-electron chi connectivity index (χ4n) is 2.75. The lowest BCUT2D eigenvalue weighted by molar-refractivity contribution is 0.214. The van der Waals surface area contributed by atoms with E-state index in [1.165, 1.54) is 19.4 Å². The quantitative estimate of drug-likeness (QED) is 0.880. The van der Waals surface area contributed by atoms with E-state index in [-0.39, 0.29) is 0 Å². The second-order valence-electron chi connectivity index (χ2n) is 5.42. The molecule has 1 N–H and O–H groups in total. The molecule has 1 aliphatic heterocycles. The highest BCUT2D eigenvalue weighted by atomic mass is 15.2. The maximum Gasteiger partial charge on any atom is 0.101 e. The van der Waals surface area contributed by atoms with Gasteiger partial charge in [0.15, 0.2) is 0 Å². The second-order valence-corrected chi connectivity index (χ2v) is 5.42. The molecule has 4 heteroatoms. The molecule has 0 aliphatic carbocycles. The molecule has 2 heterocycles. The third-order valence-corrected chi connectivity index (χ3v) is 3.83. The first-order chi connectivity index (χ1) is 8.60. The Kier molecular flexibility index (Phi) is 4.05. The minimum atomic E-state index is 0.682. The molecule has 0 bridgehead atoms. The van der Waals surface area contributed by atoms with E-state index in [0.717, 1.165) is 30.0 Å². The van der Waals surface area contributed by atoms with Crippen LogP contribution in [0.2, 0.25) is 0 Å². The first-order valence-electron chi connectivity index (χ1n) is 6.57. The fraction of sp³-hybridized carbons (Fsp3) is 0.643. The second kappa shape index (κ2) is 5.55. The van der Waals surface area contributed by atoms with Gasteiger partial charge in [0, 0.05) is 30.5 Å². The number of nitrogens with zero attached hydrogens (tertiary/aromatic N) is 3. The number of nitriles is 1. The zero-order chi connectivity index (χ0) is 13.1. The zero-order valence-electron chi connectivity index (χ0n) is 11.5. The van der Waals surface area contributed by atoms with Crippen molar-refractivity contribution in [2.24, 2.45) is 0 Å². The van der Waals surface area contributed by atoms with Crippen molar-refractivity contribution in [3.8, 4) is 6.07 Å². The molecule has 1 atom stereocenters. The Hall–Kier alpha value is -1.31. The SMILES string of the molecule is Cc1[nH]c(CN(C)C[C@H]2CCCN2C)cc1C#N. The van der Waals surface area contributed by atoms with Crippen molar-refractivity contribution in [2.75, 3.05) is 27.2 Å². The van der Waals surface area contributed by atoms with E-state index < -0.39 is 0 Å². The lowest BCUT2D eigenvalue weighted by atomic mass is 10.2. The third kappa shape index (κ3) is 2.92. The largest absolute Gasteiger partial charge is 0.360 e. The summed E-state index contributed by atoms with van der Waals surface area (Å²) in [6.45, 7) is 5.15. The number of likely N-dealkylation sites (tertiary alicyclic amines) is 1. The molecule has 0 amide bonds. The van der Waals surface area contributed by atoms with Crippen molar-refractivity contribution in [3.05, 3.63) is 23.0 Å². The van der Waals surface area contributed by atoms with Gasteiger partial charge in [0.2, 0.25) is 0 Å². The number of hydrogen-bond donors (Lipinski definition) is 1. The molecule has 1 aromatic heterocycles. The van der Waals surface area contributed by atoms with E-state index >= 15 is 0 Å². The maximum absolute atomic E-state index is 8.94. The minimum Gasteiger partial charge on any atom is -0.360 e. The third-order valence-electron chi connectivity index (χ3n) is 3.83. The smallest absolute Gasteiger partial charge is 0.101 e. The van der Waals surface area contributed by atoms with Crippen molar-refractivity contribution in [1.29, 1.82) is 5.26 Å². The van der Waals surface area contributed by atoms with E-state index in [4.69, 9.17) is 5.26 Å². The first-order valence-corrected chi connectivity index (χ1v) is 6.57. The predicted octanol–water partition coefficient (Wildman–Crippen LogP) is 1.72. The highest BCUT2D eigenvalue weighted by molar-refractivity contribution is 5.35. The van der Waals surface area contributed by atoms with Gasteiger partial charge < -0.3 is 9.88 Å². The van der Waals surface area contributed by atoms with Gasteiger partial charge in [-0.25, -0.2) is 0 Å². The Morgan fingerprint density at radius 1 is 1.61 bits per heavy atom. The van der Waals surface area contributed by atoms with Crippen LogP contribution in [0, 0.1) is 18.3 Å². The number of aromatic nitrogens is 1. The number of aryl methyl sites for hydroxylation is 1. The standard InChI is InChI=1S/C14H22N4/c1-11-12(8-15)7-13(16-11)9-17(2)10-14-5-4-6-18(14)3/h7,14,16H,4-6,9-10H2,1-3H3/t14-/m1/s1. The Labute approximate surface area is 109 Å². The summed E-state index contributed by atoms with van der Waals surface area (Å²) in [4.78, 5) is 8.06. The molecule has 1 saturated heterocycles. The molecule has 18 heavy (non-hydrogen) atoms. The molecule has 2 rings (SSSR count). The van der Waals surface area contributed by atoms with Crippen LogP contribution in [0.15, 0.2) is 6.07 Å². The number of nitrogens with one attached hydrogen (secondary N) is 1. The van der Waals surface area contributed by atoms with E-state index in [2.05, 4.69) is 34.9 Å². The van der Waals surface area contributed by atoms with Crippen LogP contribution >= 0.6 is 0 Å². The van der Waals surface area contributed by atoms with Crippen molar-refractivity contribution < 1.29 is 0 Å². The summed E-state index contributed by atoms with van der Waals surface area (Å²) < 4.78 is 0. The van der Waals surface area contributed by atoms with Crippen LogP contribution in [-0.4, -0.2) is 48.0 Å². The predicted molar refractivity (Wildman–Crippen MR) is 72.2 cm³/mol. The Morgan fingerprint density at radius 3 is 2.94 bits per heavy atom. The van der Waals surface area contributed by atoms with Crippen LogP contribution < -0.4 is 0 Å². The molecule has 0 saturated carbocycles. The number of likely N-dealkylation sites (N-methyl/N-ethyl adjacent to an activating group) is 2. The molecular formula is C14H22N4. The molecule has 98 valence electrons. The van der Waals surface area contributed by atoms with Crippen LogP contribution in [0.25, 0.3) is 0 Å². The van der Waals surface area contributed by atoms with Gasteiger partial charge in [-0.3, -0.25) is 4.90 Å². The van der Waals surface area contributed by atoms with Gasteiger partial charge in [0.1, 0.15) is 6.07 Å². The molecular weight excluding hydrogens is 224 g/mol. The van der Waals surface area contributed by atoms with Gasteiger partial charge in [0.05, 0.1) is 5.56 Å².